The van der Waals surface area contributed by atoms with Gasteiger partial charge in [0, 0.05) is 43.9 Å². The van der Waals surface area contributed by atoms with E-state index in [1.54, 1.807) is 34.0 Å². The van der Waals surface area contributed by atoms with Crippen molar-refractivity contribution in [1.29, 1.82) is 0 Å². The number of rotatable bonds is 44. The Morgan fingerprint density at radius 2 is 0.738 bits per heavy atom. The Balaban J connectivity index is 0.965. The molecule has 0 radical (unpaired) electrons. The van der Waals surface area contributed by atoms with Crippen molar-refractivity contribution in [2.45, 2.75) is 220 Å². The highest BCUT2D eigenvalue weighted by molar-refractivity contribution is 7.30. The Bertz CT molecular complexity index is 2870. The van der Waals surface area contributed by atoms with E-state index in [1.807, 2.05) is 36.4 Å². The number of hydrogen-bond acceptors (Lipinski definition) is 13. The average molecular weight is 1240 g/mol. The molecule has 0 saturated carbocycles. The lowest BCUT2D eigenvalue weighted by atomic mass is 10.1. The molecular formula is C69H92N2O8S5. The zero-order chi connectivity index (χ0) is 59.0. The molecule has 6 aromatic rings. The van der Waals surface area contributed by atoms with Crippen molar-refractivity contribution < 1.29 is 38.1 Å². The summed E-state index contributed by atoms with van der Waals surface area (Å²) in [5.74, 6) is 0.236. The minimum Gasteiger partial charge on any atom is -0.490 e. The van der Waals surface area contributed by atoms with Gasteiger partial charge in [-0.15, -0.1) is 56.7 Å². The van der Waals surface area contributed by atoms with Crippen LogP contribution in [0.4, 0.5) is 4.79 Å². The first-order valence-electron chi connectivity index (χ1n) is 31.8. The first-order chi connectivity index (χ1) is 41.2. The third-order valence-corrected chi connectivity index (χ3v) is 21.3. The normalized spacial score (nSPS) is 12.5. The standard InChI is InChI=1S/C69H92N2O8S5/c1-4-7-10-13-16-19-22-25-28-31-44-76-54-47-51(48-55(77-45-32-29-26-23-20-17-14-11-8-5-2)65(54)78-46-33-30-27-24-21-18-15-12-9-6-3)50-79-68(74)64-43-42-63(84-64)62-41-40-61(83-62)60-39-38-59(82-60)58-37-36-57(81-58)56-35-34-52(80-56)49-53-66(72)70-69(75)71-67(53)73/h34-43,47-49H,4-33,44-46,50H2,1-3H3,(H2,70,71,72,73,75). The Morgan fingerprint density at radius 3 is 1.14 bits per heavy atom. The van der Waals surface area contributed by atoms with Crippen LogP contribution in [0.2, 0.25) is 0 Å². The van der Waals surface area contributed by atoms with Gasteiger partial charge in [-0.3, -0.25) is 20.2 Å². The van der Waals surface area contributed by atoms with E-state index >= 15 is 0 Å². The van der Waals surface area contributed by atoms with Gasteiger partial charge >= 0.3 is 12.0 Å². The molecule has 6 heterocycles. The molecule has 1 saturated heterocycles. The van der Waals surface area contributed by atoms with E-state index in [2.05, 4.69) is 67.8 Å². The maximum Gasteiger partial charge on any atom is 0.348 e. The van der Waals surface area contributed by atoms with Crippen molar-refractivity contribution >= 4 is 86.6 Å². The number of urea groups is 1. The summed E-state index contributed by atoms with van der Waals surface area (Å²) in [6.45, 7) is 8.69. The minimum atomic E-state index is -0.815. The van der Waals surface area contributed by atoms with Gasteiger partial charge in [-0.05, 0) is 104 Å². The van der Waals surface area contributed by atoms with Crippen LogP contribution in [-0.4, -0.2) is 43.6 Å². The summed E-state index contributed by atoms with van der Waals surface area (Å²) in [5.41, 5.74) is 0.716. The molecule has 0 aliphatic carbocycles. The van der Waals surface area contributed by atoms with Gasteiger partial charge in [0.2, 0.25) is 5.75 Å². The molecule has 2 N–H and O–H groups in total. The average Bonchev–Trinajstić information content (AvgIpc) is 4.55. The predicted octanol–water partition coefficient (Wildman–Crippen LogP) is 21.7. The second-order valence-electron chi connectivity index (χ2n) is 22.2. The molecule has 1 aliphatic heterocycles. The molecule has 84 heavy (non-hydrogen) atoms. The number of hydrogen-bond donors (Lipinski definition) is 2. The van der Waals surface area contributed by atoms with E-state index in [0.717, 1.165) is 88.0 Å². The van der Waals surface area contributed by atoms with Crippen molar-refractivity contribution in [2.24, 2.45) is 0 Å². The van der Waals surface area contributed by atoms with Gasteiger partial charge in [-0.25, -0.2) is 9.59 Å². The van der Waals surface area contributed by atoms with E-state index in [-0.39, 0.29) is 18.1 Å². The Kier molecular flexibility index (Phi) is 30.2. The zero-order valence-electron chi connectivity index (χ0n) is 50.4. The van der Waals surface area contributed by atoms with Crippen LogP contribution in [0.5, 0.6) is 17.2 Å². The van der Waals surface area contributed by atoms with Crippen LogP contribution in [0.25, 0.3) is 45.1 Å². The number of imide groups is 2. The highest BCUT2D eigenvalue weighted by atomic mass is 32.1. The topological polar surface area (TPSA) is 129 Å². The van der Waals surface area contributed by atoms with Gasteiger partial charge in [0.05, 0.1) is 19.8 Å². The molecule has 4 amide bonds. The number of benzene rings is 1. The number of carbonyl (C=O) groups excluding carboxylic acids is 4. The van der Waals surface area contributed by atoms with Crippen LogP contribution in [-0.2, 0) is 20.9 Å². The maximum atomic E-state index is 13.8. The van der Waals surface area contributed by atoms with Gasteiger partial charge in [-0.1, -0.05) is 194 Å². The van der Waals surface area contributed by atoms with Crippen LogP contribution in [0, 0.1) is 0 Å². The number of carbonyl (C=O) groups is 4. The fraction of sp³-hybridized carbons (Fsp3) is 0.536. The quantitative estimate of drug-likeness (QED) is 0.0167. The van der Waals surface area contributed by atoms with E-state index in [4.69, 9.17) is 18.9 Å². The zero-order valence-corrected chi connectivity index (χ0v) is 54.4. The first kappa shape index (κ1) is 66.5. The Morgan fingerprint density at radius 1 is 0.405 bits per heavy atom. The molecule has 0 unspecified atom stereocenters. The van der Waals surface area contributed by atoms with Gasteiger partial charge in [0.1, 0.15) is 17.1 Å². The Hall–Kier alpha value is -5.06. The summed E-state index contributed by atoms with van der Waals surface area (Å²) in [4.78, 5) is 59.9. The summed E-state index contributed by atoms with van der Waals surface area (Å²) in [6, 6.07) is 23.7. The van der Waals surface area contributed by atoms with Crippen LogP contribution in [0.1, 0.15) is 234 Å². The number of unbranched alkanes of at least 4 members (excludes halogenated alkanes) is 27. The molecule has 15 heteroatoms. The largest absolute Gasteiger partial charge is 0.490 e. The number of barbiturate groups is 1. The number of thiophene rings is 5. The lowest BCUT2D eigenvalue weighted by molar-refractivity contribution is -0.123. The third-order valence-electron chi connectivity index (χ3n) is 15.2. The summed E-state index contributed by atoms with van der Waals surface area (Å²) in [5, 5.41) is 4.24. The smallest absolute Gasteiger partial charge is 0.348 e. The monoisotopic (exact) mass is 1240 g/mol. The van der Waals surface area contributed by atoms with Crippen molar-refractivity contribution in [3.8, 4) is 56.3 Å². The van der Waals surface area contributed by atoms with Crippen molar-refractivity contribution in [2.75, 3.05) is 19.8 Å². The highest BCUT2D eigenvalue weighted by Crippen LogP contribution is 2.45. The van der Waals surface area contributed by atoms with Gasteiger partial charge in [0.25, 0.3) is 11.8 Å². The van der Waals surface area contributed by atoms with Crippen molar-refractivity contribution in [3.05, 3.63) is 93.7 Å². The highest BCUT2D eigenvalue weighted by Gasteiger charge is 2.28. The van der Waals surface area contributed by atoms with E-state index in [0.29, 0.717) is 41.9 Å². The number of amides is 4. The lowest BCUT2D eigenvalue weighted by Gasteiger charge is -2.19. The summed E-state index contributed by atoms with van der Waals surface area (Å²) < 4.78 is 26.0. The molecule has 5 aromatic heterocycles. The van der Waals surface area contributed by atoms with E-state index in [9.17, 15) is 19.2 Å². The molecule has 7 rings (SSSR count). The summed E-state index contributed by atoms with van der Waals surface area (Å²) >= 11 is 8.05. The molecule has 1 aliphatic rings. The van der Waals surface area contributed by atoms with Crippen molar-refractivity contribution in [1.82, 2.24) is 10.6 Å². The van der Waals surface area contributed by atoms with E-state index < -0.39 is 17.8 Å². The molecule has 456 valence electrons. The van der Waals surface area contributed by atoms with Gasteiger partial charge < -0.3 is 18.9 Å². The maximum absolute atomic E-state index is 13.8. The number of ether oxygens (including phenoxy) is 4. The second kappa shape index (κ2) is 38.2. The molecule has 0 spiro atoms. The van der Waals surface area contributed by atoms with Crippen LogP contribution < -0.4 is 24.8 Å². The SMILES string of the molecule is CCCCCCCCCCCCOc1cc(COC(=O)c2ccc(-c3ccc(-c4ccc(-c5ccc(-c6ccc(C=C7C(=O)NC(=O)NC7=O)s6)s5)s4)s3)s2)cc(OCCCCCCCCCCCC)c1OCCCCCCCCCCCC. The van der Waals surface area contributed by atoms with Crippen molar-refractivity contribution in [3.63, 3.8) is 0 Å². The number of nitrogens with one attached hydrogen (secondary N) is 2. The van der Waals surface area contributed by atoms with Gasteiger partial charge in [-0.2, -0.15) is 0 Å². The van der Waals surface area contributed by atoms with Crippen LogP contribution in [0.15, 0.2) is 78.4 Å². The molecule has 1 aromatic carbocycles. The van der Waals surface area contributed by atoms with Crippen LogP contribution >= 0.6 is 56.7 Å². The third kappa shape index (κ3) is 22.7. The van der Waals surface area contributed by atoms with Crippen LogP contribution in [0.3, 0.4) is 0 Å². The minimum absolute atomic E-state index is 0.0837. The fourth-order valence-corrected chi connectivity index (χ4v) is 15.5. The molecule has 0 atom stereocenters. The molecule has 1 fully saturated rings. The molecular weight excluding hydrogens is 1150 g/mol. The molecule has 10 nitrogen and oxygen atoms in total. The molecule has 0 bridgehead atoms. The van der Waals surface area contributed by atoms with Gasteiger partial charge in [0.15, 0.2) is 11.5 Å². The Labute approximate surface area is 521 Å². The lowest BCUT2D eigenvalue weighted by Crippen LogP contribution is -2.51. The summed E-state index contributed by atoms with van der Waals surface area (Å²) in [7, 11) is 0. The fourth-order valence-electron chi connectivity index (χ4n) is 10.3. The second-order valence-corrected chi connectivity index (χ2v) is 27.7. The van der Waals surface area contributed by atoms with E-state index in [1.165, 1.54) is 183 Å². The first-order valence-corrected chi connectivity index (χ1v) is 35.9. The summed E-state index contributed by atoms with van der Waals surface area (Å²) in [6.07, 6.45) is 39.3. The predicted molar refractivity (Wildman–Crippen MR) is 355 cm³/mol. The number of esters is 1.